The second-order valence-electron chi connectivity index (χ2n) is 7.21. The molecule has 6 nitrogen and oxygen atoms in total. The molecule has 3 rings (SSSR count). The first-order valence-electron chi connectivity index (χ1n) is 10.7. The SMILES string of the molecule is CCOc1ccc(CCC(=O)N2CCN(c3ccc(OC)cc3)CC2)cc1OCC. The van der Waals surface area contributed by atoms with Crippen molar-refractivity contribution in [2.24, 2.45) is 0 Å². The maximum absolute atomic E-state index is 12.7. The Morgan fingerprint density at radius 3 is 2.20 bits per heavy atom. The first-order valence-corrected chi connectivity index (χ1v) is 10.7. The number of methoxy groups -OCH3 is 1. The van der Waals surface area contributed by atoms with Crippen molar-refractivity contribution in [2.75, 3.05) is 51.4 Å². The molecule has 30 heavy (non-hydrogen) atoms. The van der Waals surface area contributed by atoms with E-state index in [0.717, 1.165) is 49.0 Å². The van der Waals surface area contributed by atoms with Crippen LogP contribution in [0.5, 0.6) is 17.2 Å². The molecule has 0 radical (unpaired) electrons. The molecule has 1 amide bonds. The minimum Gasteiger partial charge on any atom is -0.497 e. The van der Waals surface area contributed by atoms with E-state index >= 15 is 0 Å². The average molecular weight is 413 g/mol. The van der Waals surface area contributed by atoms with E-state index in [1.165, 1.54) is 5.69 Å². The van der Waals surface area contributed by atoms with E-state index in [-0.39, 0.29) is 5.91 Å². The van der Waals surface area contributed by atoms with Crippen molar-refractivity contribution in [1.82, 2.24) is 4.90 Å². The van der Waals surface area contributed by atoms with Crippen LogP contribution in [0.25, 0.3) is 0 Å². The lowest BCUT2D eigenvalue weighted by molar-refractivity contribution is -0.131. The molecule has 0 spiro atoms. The third kappa shape index (κ3) is 5.59. The molecule has 1 saturated heterocycles. The zero-order chi connectivity index (χ0) is 21.3. The van der Waals surface area contributed by atoms with Crippen molar-refractivity contribution in [1.29, 1.82) is 0 Å². The van der Waals surface area contributed by atoms with Crippen LogP contribution in [0.2, 0.25) is 0 Å². The van der Waals surface area contributed by atoms with Crippen molar-refractivity contribution in [2.45, 2.75) is 26.7 Å². The number of hydrogen-bond acceptors (Lipinski definition) is 5. The minimum absolute atomic E-state index is 0.205. The number of benzene rings is 2. The normalized spacial score (nSPS) is 13.8. The van der Waals surface area contributed by atoms with Crippen LogP contribution < -0.4 is 19.1 Å². The molecule has 1 fully saturated rings. The molecule has 0 unspecified atom stereocenters. The number of amides is 1. The van der Waals surface area contributed by atoms with E-state index in [2.05, 4.69) is 17.0 Å². The molecule has 0 saturated carbocycles. The van der Waals surface area contributed by atoms with E-state index < -0.39 is 0 Å². The monoisotopic (exact) mass is 412 g/mol. The van der Waals surface area contributed by atoms with Crippen molar-refractivity contribution >= 4 is 11.6 Å². The fourth-order valence-electron chi connectivity index (χ4n) is 3.67. The highest BCUT2D eigenvalue weighted by molar-refractivity contribution is 5.77. The van der Waals surface area contributed by atoms with E-state index in [9.17, 15) is 4.79 Å². The van der Waals surface area contributed by atoms with Crippen LogP contribution in [0, 0.1) is 0 Å². The second-order valence-corrected chi connectivity index (χ2v) is 7.21. The summed E-state index contributed by atoms with van der Waals surface area (Å²) in [4.78, 5) is 17.0. The van der Waals surface area contributed by atoms with Crippen LogP contribution in [0.3, 0.4) is 0 Å². The van der Waals surface area contributed by atoms with Gasteiger partial charge in [0, 0.05) is 38.3 Å². The van der Waals surface area contributed by atoms with Crippen molar-refractivity contribution in [3.8, 4) is 17.2 Å². The van der Waals surface area contributed by atoms with Crippen LogP contribution in [0.4, 0.5) is 5.69 Å². The van der Waals surface area contributed by atoms with E-state index in [1.54, 1.807) is 7.11 Å². The maximum Gasteiger partial charge on any atom is 0.223 e. The number of carbonyl (C=O) groups is 1. The molecular formula is C24H32N2O4. The highest BCUT2D eigenvalue weighted by atomic mass is 16.5. The predicted octanol–water partition coefficient (Wildman–Crippen LogP) is 3.77. The zero-order valence-electron chi connectivity index (χ0n) is 18.2. The van der Waals surface area contributed by atoms with Gasteiger partial charge >= 0.3 is 0 Å². The van der Waals surface area contributed by atoms with Gasteiger partial charge in [-0.3, -0.25) is 4.79 Å². The summed E-state index contributed by atoms with van der Waals surface area (Å²) in [5.74, 6) is 2.56. The Labute approximate surface area is 179 Å². The van der Waals surface area contributed by atoms with Crippen molar-refractivity contribution in [3.05, 3.63) is 48.0 Å². The van der Waals surface area contributed by atoms with Gasteiger partial charge in [0.25, 0.3) is 0 Å². The lowest BCUT2D eigenvalue weighted by atomic mass is 10.1. The second kappa shape index (κ2) is 10.8. The van der Waals surface area contributed by atoms with Crippen molar-refractivity contribution in [3.63, 3.8) is 0 Å². The number of anilines is 1. The Morgan fingerprint density at radius 1 is 0.900 bits per heavy atom. The Balaban J connectivity index is 1.50. The molecule has 162 valence electrons. The van der Waals surface area contributed by atoms with Gasteiger partial charge in [-0.05, 0) is 62.2 Å². The Bertz CT molecular complexity index is 814. The Morgan fingerprint density at radius 2 is 1.57 bits per heavy atom. The average Bonchev–Trinajstić information content (AvgIpc) is 2.79. The molecular weight excluding hydrogens is 380 g/mol. The molecule has 0 bridgehead atoms. The summed E-state index contributed by atoms with van der Waals surface area (Å²) in [6, 6.07) is 14.0. The van der Waals surface area contributed by atoms with Gasteiger partial charge in [-0.15, -0.1) is 0 Å². The summed E-state index contributed by atoms with van der Waals surface area (Å²) in [6.07, 6.45) is 1.20. The molecule has 0 atom stereocenters. The van der Waals surface area contributed by atoms with Crippen LogP contribution in [0.15, 0.2) is 42.5 Å². The van der Waals surface area contributed by atoms with Crippen molar-refractivity contribution < 1.29 is 19.0 Å². The first kappa shape index (κ1) is 21.8. The smallest absolute Gasteiger partial charge is 0.223 e. The number of nitrogens with zero attached hydrogens (tertiary/aromatic N) is 2. The summed E-state index contributed by atoms with van der Waals surface area (Å²) in [5.41, 5.74) is 2.26. The predicted molar refractivity (Wildman–Crippen MR) is 119 cm³/mol. The molecule has 1 aliphatic rings. The molecule has 2 aromatic rings. The topological polar surface area (TPSA) is 51.2 Å². The molecule has 1 heterocycles. The highest BCUT2D eigenvalue weighted by Gasteiger charge is 2.21. The summed E-state index contributed by atoms with van der Waals surface area (Å²) < 4.78 is 16.5. The number of aryl methyl sites for hydroxylation is 1. The number of rotatable bonds is 9. The maximum atomic E-state index is 12.7. The third-order valence-corrected chi connectivity index (χ3v) is 5.31. The lowest BCUT2D eigenvalue weighted by Gasteiger charge is -2.36. The van der Waals surface area contributed by atoms with E-state index in [1.807, 2.05) is 49.1 Å². The van der Waals surface area contributed by atoms with E-state index in [4.69, 9.17) is 14.2 Å². The number of carbonyl (C=O) groups excluding carboxylic acids is 1. The Kier molecular flexibility index (Phi) is 7.82. The molecule has 2 aromatic carbocycles. The summed E-state index contributed by atoms with van der Waals surface area (Å²) >= 11 is 0. The van der Waals surface area contributed by atoms with Gasteiger partial charge in [0.15, 0.2) is 11.5 Å². The Hall–Kier alpha value is -2.89. The van der Waals surface area contributed by atoms with Crippen LogP contribution in [-0.4, -0.2) is 57.3 Å². The van der Waals surface area contributed by atoms with Gasteiger partial charge in [-0.1, -0.05) is 6.07 Å². The highest BCUT2D eigenvalue weighted by Crippen LogP contribution is 2.29. The number of hydrogen-bond donors (Lipinski definition) is 0. The van der Waals surface area contributed by atoms with Gasteiger partial charge in [-0.25, -0.2) is 0 Å². The largest absolute Gasteiger partial charge is 0.497 e. The van der Waals surface area contributed by atoms with Crippen LogP contribution in [-0.2, 0) is 11.2 Å². The molecule has 0 N–H and O–H groups in total. The standard InChI is InChI=1S/C24H32N2O4/c1-4-29-22-12-6-19(18-23(22)30-5-2)7-13-24(27)26-16-14-25(15-17-26)20-8-10-21(28-3)11-9-20/h6,8-12,18H,4-5,7,13-17H2,1-3H3. The fourth-order valence-corrected chi connectivity index (χ4v) is 3.67. The molecule has 0 aliphatic carbocycles. The van der Waals surface area contributed by atoms with Crippen LogP contribution in [0.1, 0.15) is 25.8 Å². The van der Waals surface area contributed by atoms with Gasteiger partial charge < -0.3 is 24.0 Å². The number of piperazine rings is 1. The third-order valence-electron chi connectivity index (χ3n) is 5.31. The molecule has 0 aromatic heterocycles. The van der Waals surface area contributed by atoms with Gasteiger partial charge in [0.2, 0.25) is 5.91 Å². The minimum atomic E-state index is 0.205. The molecule has 6 heteroatoms. The number of ether oxygens (including phenoxy) is 3. The van der Waals surface area contributed by atoms with Gasteiger partial charge in [0.1, 0.15) is 5.75 Å². The van der Waals surface area contributed by atoms with Gasteiger partial charge in [-0.2, -0.15) is 0 Å². The van der Waals surface area contributed by atoms with Crippen LogP contribution >= 0.6 is 0 Å². The zero-order valence-corrected chi connectivity index (χ0v) is 18.2. The molecule has 1 aliphatic heterocycles. The summed E-state index contributed by atoms with van der Waals surface area (Å²) in [7, 11) is 1.67. The summed E-state index contributed by atoms with van der Waals surface area (Å²) in [5, 5.41) is 0. The quantitative estimate of drug-likeness (QED) is 0.628. The van der Waals surface area contributed by atoms with Gasteiger partial charge in [0.05, 0.1) is 20.3 Å². The summed E-state index contributed by atoms with van der Waals surface area (Å²) in [6.45, 7) is 8.28. The first-order chi connectivity index (χ1) is 14.6. The van der Waals surface area contributed by atoms with E-state index in [0.29, 0.717) is 26.1 Å². The fraction of sp³-hybridized carbons (Fsp3) is 0.458. The lowest BCUT2D eigenvalue weighted by Crippen LogP contribution is -2.48.